The van der Waals surface area contributed by atoms with E-state index in [0.717, 1.165) is 18.4 Å². The van der Waals surface area contributed by atoms with Crippen molar-refractivity contribution in [3.63, 3.8) is 0 Å². The first kappa shape index (κ1) is 18.4. The van der Waals surface area contributed by atoms with Crippen LogP contribution in [0.3, 0.4) is 0 Å². The Hall–Kier alpha value is -0.920. The molecule has 0 spiro atoms. The van der Waals surface area contributed by atoms with E-state index in [-0.39, 0.29) is 11.8 Å². The molecule has 3 atom stereocenters. The maximum Gasteiger partial charge on any atom is 0.252 e. The van der Waals surface area contributed by atoms with Gasteiger partial charge in [-0.25, -0.2) is 8.42 Å². The molecule has 2 heterocycles. The van der Waals surface area contributed by atoms with Crippen LogP contribution >= 0.6 is 11.3 Å². The van der Waals surface area contributed by atoms with E-state index in [1.165, 1.54) is 37.0 Å². The highest BCUT2D eigenvalue weighted by atomic mass is 32.2. The summed E-state index contributed by atoms with van der Waals surface area (Å²) in [4.78, 5) is 14.8. The van der Waals surface area contributed by atoms with Crippen molar-refractivity contribution in [2.24, 2.45) is 23.7 Å². The van der Waals surface area contributed by atoms with Gasteiger partial charge in [0.15, 0.2) is 0 Å². The van der Waals surface area contributed by atoms with Crippen LogP contribution in [0.25, 0.3) is 0 Å². The van der Waals surface area contributed by atoms with Gasteiger partial charge in [-0.2, -0.15) is 4.31 Å². The minimum absolute atomic E-state index is 0.0339. The van der Waals surface area contributed by atoms with E-state index >= 15 is 0 Å². The summed E-state index contributed by atoms with van der Waals surface area (Å²) in [6.45, 7) is 1.77. The zero-order valence-electron chi connectivity index (χ0n) is 15.3. The third kappa shape index (κ3) is 3.45. The second kappa shape index (κ2) is 7.24. The number of carbonyl (C=O) groups excluding carboxylic acids is 1. The van der Waals surface area contributed by atoms with Crippen molar-refractivity contribution in [3.8, 4) is 0 Å². The van der Waals surface area contributed by atoms with Crippen molar-refractivity contribution in [2.75, 3.05) is 26.7 Å². The van der Waals surface area contributed by atoms with Gasteiger partial charge in [-0.15, -0.1) is 11.3 Å². The monoisotopic (exact) mass is 396 g/mol. The smallest absolute Gasteiger partial charge is 0.252 e. The maximum atomic E-state index is 12.8. The van der Waals surface area contributed by atoms with Crippen molar-refractivity contribution < 1.29 is 13.2 Å². The van der Waals surface area contributed by atoms with Gasteiger partial charge < -0.3 is 4.90 Å². The first-order chi connectivity index (χ1) is 12.4. The van der Waals surface area contributed by atoms with Crippen molar-refractivity contribution in [2.45, 2.75) is 42.7 Å². The summed E-state index contributed by atoms with van der Waals surface area (Å²) in [5.41, 5.74) is 0. The molecule has 0 radical (unpaired) electrons. The van der Waals surface area contributed by atoms with Crippen molar-refractivity contribution in [3.05, 3.63) is 17.5 Å². The molecule has 1 aliphatic heterocycles. The van der Waals surface area contributed by atoms with Crippen LogP contribution in [0.4, 0.5) is 0 Å². The number of hydrogen-bond donors (Lipinski definition) is 0. The molecule has 5 nitrogen and oxygen atoms in total. The van der Waals surface area contributed by atoms with E-state index in [2.05, 4.69) is 0 Å². The number of rotatable bonds is 5. The van der Waals surface area contributed by atoms with Gasteiger partial charge in [-0.1, -0.05) is 12.5 Å². The molecule has 1 amide bonds. The van der Waals surface area contributed by atoms with Gasteiger partial charge in [-0.05, 0) is 61.3 Å². The Kier molecular flexibility index (Phi) is 5.14. The molecule has 3 aliphatic rings. The van der Waals surface area contributed by atoms with Crippen LogP contribution in [0.1, 0.15) is 38.5 Å². The van der Waals surface area contributed by atoms with Crippen molar-refractivity contribution in [1.82, 2.24) is 9.21 Å². The fraction of sp³-hybridized carbons (Fsp3) is 0.737. The highest BCUT2D eigenvalue weighted by molar-refractivity contribution is 7.91. The largest absolute Gasteiger partial charge is 0.345 e. The van der Waals surface area contributed by atoms with Crippen LogP contribution in [-0.4, -0.2) is 50.2 Å². The molecule has 2 saturated carbocycles. The first-order valence-electron chi connectivity index (χ1n) is 9.74. The van der Waals surface area contributed by atoms with Crippen LogP contribution < -0.4 is 0 Å². The predicted octanol–water partition coefficient (Wildman–Crippen LogP) is 3.04. The number of fused-ring (bicyclic) bond motifs is 2. The average molecular weight is 397 g/mol. The molecule has 3 fully saturated rings. The van der Waals surface area contributed by atoms with E-state index in [9.17, 15) is 13.2 Å². The highest BCUT2D eigenvalue weighted by Crippen LogP contribution is 2.48. The van der Waals surface area contributed by atoms with E-state index in [1.807, 2.05) is 11.9 Å². The summed E-state index contributed by atoms with van der Waals surface area (Å²) in [5.74, 6) is 2.59. The van der Waals surface area contributed by atoms with Gasteiger partial charge in [0.2, 0.25) is 5.91 Å². The number of piperidine rings is 1. The van der Waals surface area contributed by atoms with Gasteiger partial charge in [0.1, 0.15) is 4.21 Å². The van der Waals surface area contributed by atoms with E-state index in [4.69, 9.17) is 0 Å². The molecular weight excluding hydrogens is 368 g/mol. The molecule has 2 bridgehead atoms. The number of thiophene rings is 1. The SMILES string of the molecule is CN(CC1CC2CCC1C2)C(=O)C1CCN(S(=O)(=O)c2cccs2)CC1. The molecular formula is C19H28N2O3S2. The number of amides is 1. The van der Waals surface area contributed by atoms with Gasteiger partial charge >= 0.3 is 0 Å². The molecule has 1 aromatic rings. The average Bonchev–Trinajstić information content (AvgIpc) is 3.39. The number of nitrogens with zero attached hydrogens (tertiary/aromatic N) is 2. The lowest BCUT2D eigenvalue weighted by molar-refractivity contribution is -0.136. The minimum atomic E-state index is -3.39. The standard InChI is InChI=1S/C19H28N2O3S2/c1-20(13-17-12-14-4-5-16(17)11-14)19(22)15-6-8-21(9-7-15)26(23,24)18-3-2-10-25-18/h2-3,10,14-17H,4-9,11-13H2,1H3. The Morgan fingerprint density at radius 3 is 2.58 bits per heavy atom. The zero-order valence-corrected chi connectivity index (χ0v) is 17.0. The molecule has 7 heteroatoms. The third-order valence-electron chi connectivity index (χ3n) is 6.66. The number of sulfonamides is 1. The normalized spacial score (nSPS) is 30.0. The molecule has 26 heavy (non-hydrogen) atoms. The second-order valence-electron chi connectivity index (χ2n) is 8.26. The molecule has 2 aliphatic carbocycles. The Morgan fingerprint density at radius 1 is 1.23 bits per heavy atom. The summed E-state index contributed by atoms with van der Waals surface area (Å²) < 4.78 is 27.1. The Balaban J connectivity index is 1.30. The van der Waals surface area contributed by atoms with Crippen LogP contribution in [0.15, 0.2) is 21.7 Å². The van der Waals surface area contributed by atoms with Crippen LogP contribution in [0.2, 0.25) is 0 Å². The number of hydrogen-bond acceptors (Lipinski definition) is 4. The third-order valence-corrected chi connectivity index (χ3v) is 9.93. The maximum absolute atomic E-state index is 12.8. The molecule has 4 rings (SSSR count). The predicted molar refractivity (Wildman–Crippen MR) is 102 cm³/mol. The fourth-order valence-corrected chi connectivity index (χ4v) is 7.85. The molecule has 1 saturated heterocycles. The summed E-state index contributed by atoms with van der Waals surface area (Å²) in [7, 11) is -1.45. The lowest BCUT2D eigenvalue weighted by atomic mass is 9.88. The Bertz CT molecular complexity index is 739. The van der Waals surface area contributed by atoms with E-state index < -0.39 is 10.0 Å². The fourth-order valence-electron chi connectivity index (χ4n) is 5.23. The molecule has 1 aromatic heterocycles. The quantitative estimate of drug-likeness (QED) is 0.769. The first-order valence-corrected chi connectivity index (χ1v) is 12.1. The van der Waals surface area contributed by atoms with Crippen molar-refractivity contribution in [1.29, 1.82) is 0 Å². The van der Waals surface area contributed by atoms with Crippen LogP contribution in [-0.2, 0) is 14.8 Å². The highest BCUT2D eigenvalue weighted by Gasteiger charge is 2.41. The molecule has 3 unspecified atom stereocenters. The van der Waals surface area contributed by atoms with Gasteiger partial charge in [-0.3, -0.25) is 4.79 Å². The van der Waals surface area contributed by atoms with Crippen LogP contribution in [0, 0.1) is 23.7 Å². The van der Waals surface area contributed by atoms with E-state index in [1.54, 1.807) is 21.8 Å². The lowest BCUT2D eigenvalue weighted by Gasteiger charge is -2.34. The zero-order chi connectivity index (χ0) is 18.3. The Labute approximate surface area is 160 Å². The number of carbonyl (C=O) groups is 1. The lowest BCUT2D eigenvalue weighted by Crippen LogP contribution is -2.44. The van der Waals surface area contributed by atoms with Gasteiger partial charge in [0.25, 0.3) is 10.0 Å². The molecule has 0 N–H and O–H groups in total. The van der Waals surface area contributed by atoms with Gasteiger partial charge in [0, 0.05) is 32.6 Å². The van der Waals surface area contributed by atoms with E-state index in [0.29, 0.717) is 36.1 Å². The summed E-state index contributed by atoms with van der Waals surface area (Å²) in [6.07, 6.45) is 6.65. The summed E-state index contributed by atoms with van der Waals surface area (Å²) >= 11 is 1.25. The van der Waals surface area contributed by atoms with Gasteiger partial charge in [0.05, 0.1) is 0 Å². The second-order valence-corrected chi connectivity index (χ2v) is 11.4. The summed E-state index contributed by atoms with van der Waals surface area (Å²) in [5, 5.41) is 1.79. The summed E-state index contributed by atoms with van der Waals surface area (Å²) in [6, 6.07) is 3.42. The van der Waals surface area contributed by atoms with Crippen LogP contribution in [0.5, 0.6) is 0 Å². The molecule has 0 aromatic carbocycles. The Morgan fingerprint density at radius 2 is 2.00 bits per heavy atom. The minimum Gasteiger partial charge on any atom is -0.345 e. The van der Waals surface area contributed by atoms with Crippen molar-refractivity contribution >= 4 is 27.3 Å². The topological polar surface area (TPSA) is 57.7 Å². The molecule has 144 valence electrons.